The van der Waals surface area contributed by atoms with Gasteiger partial charge in [0.25, 0.3) is 0 Å². The minimum Gasteiger partial charge on any atom is -0.315 e. The van der Waals surface area contributed by atoms with Crippen LogP contribution in [0.1, 0.15) is 16.8 Å². The number of aromatic nitrogens is 2. The van der Waals surface area contributed by atoms with Gasteiger partial charge in [0.05, 0.1) is 22.7 Å². The van der Waals surface area contributed by atoms with Gasteiger partial charge in [-0.2, -0.15) is 5.26 Å². The third-order valence-electron chi connectivity index (χ3n) is 3.99. The monoisotopic (exact) mass is 445 g/mol. The molecule has 122 valence electrons. The lowest BCUT2D eigenvalue weighted by Gasteiger charge is -2.06. The molecule has 0 unspecified atom stereocenters. The maximum Gasteiger partial charge on any atom is 0.113 e. The second kappa shape index (κ2) is 7.03. The Hall–Kier alpha value is -3.09. The predicted octanol–water partition coefficient (Wildman–Crippen LogP) is 4.90. The SMILES string of the molecule is N#Cc1cc(I)cc(-n2cc(C#Cc3ccccn3)c3ccccc32)c1. The third-order valence-corrected chi connectivity index (χ3v) is 4.61. The molecule has 0 saturated heterocycles. The molecule has 2 aromatic heterocycles. The summed E-state index contributed by atoms with van der Waals surface area (Å²) in [6, 6.07) is 21.9. The van der Waals surface area contributed by atoms with Crippen LogP contribution in [0.3, 0.4) is 0 Å². The van der Waals surface area contributed by atoms with Gasteiger partial charge in [0.1, 0.15) is 5.69 Å². The summed E-state index contributed by atoms with van der Waals surface area (Å²) in [7, 11) is 0. The zero-order valence-corrected chi connectivity index (χ0v) is 15.8. The Bertz CT molecular complexity index is 1210. The van der Waals surface area contributed by atoms with Crippen LogP contribution in [0.5, 0.6) is 0 Å². The fourth-order valence-corrected chi connectivity index (χ4v) is 3.49. The first-order valence-electron chi connectivity index (χ1n) is 7.99. The lowest BCUT2D eigenvalue weighted by atomic mass is 10.2. The van der Waals surface area contributed by atoms with Crippen LogP contribution in [0.25, 0.3) is 16.6 Å². The third kappa shape index (κ3) is 3.20. The van der Waals surface area contributed by atoms with E-state index in [4.69, 9.17) is 0 Å². The van der Waals surface area contributed by atoms with Gasteiger partial charge in [-0.05, 0) is 64.9 Å². The zero-order valence-electron chi connectivity index (χ0n) is 13.6. The van der Waals surface area contributed by atoms with E-state index in [1.54, 1.807) is 6.20 Å². The van der Waals surface area contributed by atoms with Crippen molar-refractivity contribution < 1.29 is 0 Å². The van der Waals surface area contributed by atoms with Gasteiger partial charge in [-0.1, -0.05) is 30.2 Å². The minimum atomic E-state index is 0.644. The summed E-state index contributed by atoms with van der Waals surface area (Å²) >= 11 is 2.24. The first kappa shape index (κ1) is 16.4. The molecule has 3 nitrogen and oxygen atoms in total. The molecule has 0 aliphatic rings. The predicted molar refractivity (Wildman–Crippen MR) is 111 cm³/mol. The quantitative estimate of drug-likeness (QED) is 0.309. The summed E-state index contributed by atoms with van der Waals surface area (Å²) in [5.41, 5.74) is 4.33. The van der Waals surface area contributed by atoms with Crippen LogP contribution in [-0.4, -0.2) is 9.55 Å². The van der Waals surface area contributed by atoms with Crippen LogP contribution < -0.4 is 0 Å². The number of pyridine rings is 1. The molecule has 0 atom stereocenters. The Morgan fingerprint density at radius 3 is 2.62 bits per heavy atom. The zero-order chi connectivity index (χ0) is 17.9. The van der Waals surface area contributed by atoms with Crippen LogP contribution in [0.2, 0.25) is 0 Å². The number of rotatable bonds is 1. The summed E-state index contributed by atoms with van der Waals surface area (Å²) in [6.07, 6.45) is 3.76. The topological polar surface area (TPSA) is 41.6 Å². The highest BCUT2D eigenvalue weighted by Gasteiger charge is 2.09. The molecule has 4 aromatic rings. The van der Waals surface area contributed by atoms with Gasteiger partial charge in [0.2, 0.25) is 0 Å². The summed E-state index contributed by atoms with van der Waals surface area (Å²) in [5.74, 6) is 6.36. The van der Waals surface area contributed by atoms with E-state index in [1.807, 2.05) is 48.7 Å². The van der Waals surface area contributed by atoms with Gasteiger partial charge in [-0.3, -0.25) is 0 Å². The highest BCUT2D eigenvalue weighted by molar-refractivity contribution is 14.1. The first-order valence-corrected chi connectivity index (χ1v) is 9.07. The highest BCUT2D eigenvalue weighted by atomic mass is 127. The van der Waals surface area contributed by atoms with Crippen molar-refractivity contribution in [2.45, 2.75) is 0 Å². The summed E-state index contributed by atoms with van der Waals surface area (Å²) in [6.45, 7) is 0. The molecule has 0 saturated carbocycles. The molecule has 0 N–H and O–H groups in total. The van der Waals surface area contributed by atoms with Crippen LogP contribution >= 0.6 is 22.6 Å². The van der Waals surface area contributed by atoms with E-state index in [-0.39, 0.29) is 0 Å². The number of fused-ring (bicyclic) bond motifs is 1. The lowest BCUT2D eigenvalue weighted by Crippen LogP contribution is -1.93. The van der Waals surface area contributed by atoms with E-state index >= 15 is 0 Å². The Kier molecular flexibility index (Phi) is 4.43. The molecule has 0 spiro atoms. The van der Waals surface area contributed by atoms with E-state index in [0.717, 1.165) is 31.4 Å². The van der Waals surface area contributed by atoms with Crippen LogP contribution in [0.4, 0.5) is 0 Å². The number of nitrogens with zero attached hydrogens (tertiary/aromatic N) is 3. The van der Waals surface area contributed by atoms with E-state index < -0.39 is 0 Å². The van der Waals surface area contributed by atoms with Crippen molar-refractivity contribution in [3.63, 3.8) is 0 Å². The van der Waals surface area contributed by atoms with Crippen molar-refractivity contribution >= 4 is 33.5 Å². The molecule has 4 heteroatoms. The van der Waals surface area contributed by atoms with Crippen molar-refractivity contribution in [2.24, 2.45) is 0 Å². The average Bonchev–Trinajstić information content (AvgIpc) is 3.05. The fraction of sp³-hybridized carbons (Fsp3) is 0. The molecule has 26 heavy (non-hydrogen) atoms. The number of hydrogen-bond donors (Lipinski definition) is 0. The van der Waals surface area contributed by atoms with Crippen molar-refractivity contribution in [3.05, 3.63) is 93.4 Å². The highest BCUT2D eigenvalue weighted by Crippen LogP contribution is 2.26. The molecule has 2 aromatic carbocycles. The Balaban J connectivity index is 1.89. The summed E-state index contributed by atoms with van der Waals surface area (Å²) in [5, 5.41) is 10.3. The maximum absolute atomic E-state index is 9.27. The molecular formula is C22H12IN3. The maximum atomic E-state index is 9.27. The Morgan fingerprint density at radius 2 is 1.81 bits per heavy atom. The molecule has 0 bridgehead atoms. The first-order chi connectivity index (χ1) is 12.7. The standard InChI is InChI=1S/C22H12IN3/c23-18-11-16(14-24)12-20(13-18)26-15-17(21-6-1-2-7-22(21)26)8-9-19-5-3-4-10-25-19/h1-7,10-13,15H. The second-order valence-electron chi connectivity index (χ2n) is 5.70. The summed E-state index contributed by atoms with van der Waals surface area (Å²) in [4.78, 5) is 4.26. The molecule has 0 radical (unpaired) electrons. The van der Waals surface area contributed by atoms with Gasteiger partial charge in [0, 0.05) is 27.0 Å². The van der Waals surface area contributed by atoms with Crippen LogP contribution in [0.15, 0.2) is 73.1 Å². The van der Waals surface area contributed by atoms with Crippen molar-refractivity contribution in [1.82, 2.24) is 9.55 Å². The van der Waals surface area contributed by atoms with Gasteiger partial charge < -0.3 is 4.57 Å². The second-order valence-corrected chi connectivity index (χ2v) is 6.95. The molecule has 4 rings (SSSR count). The molecule has 0 aliphatic heterocycles. The smallest absolute Gasteiger partial charge is 0.113 e. The van der Waals surface area contributed by atoms with Crippen LogP contribution in [0, 0.1) is 26.7 Å². The van der Waals surface area contributed by atoms with E-state index in [0.29, 0.717) is 5.56 Å². The van der Waals surface area contributed by atoms with E-state index in [2.05, 4.69) is 68.3 Å². The average molecular weight is 445 g/mol. The molecule has 0 fully saturated rings. The summed E-state index contributed by atoms with van der Waals surface area (Å²) < 4.78 is 3.11. The van der Waals surface area contributed by atoms with Gasteiger partial charge in [-0.15, -0.1) is 0 Å². The van der Waals surface area contributed by atoms with Crippen molar-refractivity contribution in [1.29, 1.82) is 5.26 Å². The number of halogens is 1. The Labute approximate surface area is 165 Å². The molecule has 0 aliphatic carbocycles. The van der Waals surface area contributed by atoms with Crippen molar-refractivity contribution in [3.8, 4) is 23.6 Å². The van der Waals surface area contributed by atoms with Crippen LogP contribution in [-0.2, 0) is 0 Å². The van der Waals surface area contributed by atoms with E-state index in [9.17, 15) is 5.26 Å². The number of nitriles is 1. The van der Waals surface area contributed by atoms with E-state index in [1.165, 1.54) is 0 Å². The van der Waals surface area contributed by atoms with Crippen molar-refractivity contribution in [2.75, 3.05) is 0 Å². The largest absolute Gasteiger partial charge is 0.315 e. The number of benzene rings is 2. The molecule has 2 heterocycles. The minimum absolute atomic E-state index is 0.644. The number of para-hydroxylation sites is 1. The normalized spacial score (nSPS) is 10.2. The fourth-order valence-electron chi connectivity index (χ4n) is 2.84. The van der Waals surface area contributed by atoms with Gasteiger partial charge >= 0.3 is 0 Å². The number of hydrogen-bond acceptors (Lipinski definition) is 2. The van der Waals surface area contributed by atoms with Gasteiger partial charge in [0.15, 0.2) is 0 Å². The molecule has 0 amide bonds. The van der Waals surface area contributed by atoms with Gasteiger partial charge in [-0.25, -0.2) is 4.98 Å². The Morgan fingerprint density at radius 1 is 0.962 bits per heavy atom. The lowest BCUT2D eigenvalue weighted by molar-refractivity contribution is 1.12. The molecular weight excluding hydrogens is 433 g/mol.